The number of benzene rings is 1. The first-order chi connectivity index (χ1) is 9.58. The van der Waals surface area contributed by atoms with Gasteiger partial charge in [0.2, 0.25) is 0 Å². The molecule has 5 heteroatoms. The molecule has 1 fully saturated rings. The Bertz CT molecular complexity index is 434. The lowest BCUT2D eigenvalue weighted by Crippen LogP contribution is -2.53. The van der Waals surface area contributed by atoms with Crippen LogP contribution in [-0.4, -0.2) is 50.8 Å². The minimum absolute atomic E-state index is 0.252. The zero-order valence-electron chi connectivity index (χ0n) is 12.0. The van der Waals surface area contributed by atoms with Gasteiger partial charge in [-0.1, -0.05) is 6.07 Å². The van der Waals surface area contributed by atoms with Crippen LogP contribution in [0.1, 0.15) is 12.0 Å². The maximum Gasteiger partial charge on any atom is 0.129 e. The first-order valence-electron chi connectivity index (χ1n) is 6.99. The maximum absolute atomic E-state index is 13.7. The number of hydrogen-bond acceptors (Lipinski definition) is 3. The molecule has 2 rings (SSSR count). The van der Waals surface area contributed by atoms with E-state index in [-0.39, 0.29) is 12.1 Å². The highest BCUT2D eigenvalue weighted by Crippen LogP contribution is 2.16. The summed E-state index contributed by atoms with van der Waals surface area (Å²) in [5, 5.41) is 3.44. The second-order valence-corrected chi connectivity index (χ2v) is 5.44. The van der Waals surface area contributed by atoms with Crippen molar-refractivity contribution in [3.63, 3.8) is 0 Å². The van der Waals surface area contributed by atoms with Gasteiger partial charge in [0.1, 0.15) is 11.6 Å². The highest BCUT2D eigenvalue weighted by atomic mass is 19.1. The second-order valence-electron chi connectivity index (χ2n) is 5.44. The van der Waals surface area contributed by atoms with E-state index >= 15 is 0 Å². The van der Waals surface area contributed by atoms with Gasteiger partial charge in [0.05, 0.1) is 13.2 Å². The molecule has 0 radical (unpaired) electrons. The van der Waals surface area contributed by atoms with Crippen molar-refractivity contribution in [2.24, 2.45) is 0 Å². The van der Waals surface area contributed by atoms with Crippen LogP contribution < -0.4 is 5.32 Å². The summed E-state index contributed by atoms with van der Waals surface area (Å²) < 4.78 is 32.0. The van der Waals surface area contributed by atoms with Gasteiger partial charge < -0.3 is 15.0 Å². The zero-order valence-corrected chi connectivity index (χ0v) is 12.0. The third-order valence-corrected chi connectivity index (χ3v) is 3.80. The van der Waals surface area contributed by atoms with Crippen molar-refractivity contribution in [3.05, 3.63) is 35.4 Å². The van der Waals surface area contributed by atoms with E-state index in [2.05, 4.69) is 10.2 Å². The van der Waals surface area contributed by atoms with E-state index in [0.717, 1.165) is 25.6 Å². The standard InChI is InChI=1S/C15H22F2N2O/c1-19(2)15(14-10-20-8-7-18-14)6-4-11-3-5-12(16)9-13(11)17/h3,5,9,14-15,18H,4,6-8,10H2,1-2H3. The smallest absolute Gasteiger partial charge is 0.129 e. The molecular weight excluding hydrogens is 262 g/mol. The minimum Gasteiger partial charge on any atom is -0.378 e. The lowest BCUT2D eigenvalue weighted by atomic mass is 9.98. The maximum atomic E-state index is 13.7. The van der Waals surface area contributed by atoms with Crippen molar-refractivity contribution in [1.82, 2.24) is 10.2 Å². The molecule has 1 aliphatic heterocycles. The quantitative estimate of drug-likeness (QED) is 0.892. The van der Waals surface area contributed by atoms with Gasteiger partial charge >= 0.3 is 0 Å². The molecular formula is C15H22F2N2O. The summed E-state index contributed by atoms with van der Waals surface area (Å²) >= 11 is 0. The summed E-state index contributed by atoms with van der Waals surface area (Å²) in [5.41, 5.74) is 0.565. The van der Waals surface area contributed by atoms with Crippen LogP contribution in [-0.2, 0) is 11.2 Å². The third kappa shape index (κ3) is 3.98. The van der Waals surface area contributed by atoms with Crippen LogP contribution in [0.3, 0.4) is 0 Å². The average Bonchev–Trinajstić information content (AvgIpc) is 2.42. The number of ether oxygens (including phenoxy) is 1. The Labute approximate surface area is 118 Å². The van der Waals surface area contributed by atoms with Crippen LogP contribution in [0.25, 0.3) is 0 Å². The van der Waals surface area contributed by atoms with Gasteiger partial charge in [0, 0.05) is 24.7 Å². The van der Waals surface area contributed by atoms with E-state index in [1.54, 1.807) is 0 Å². The number of aryl methyl sites for hydroxylation is 1. The highest BCUT2D eigenvalue weighted by Gasteiger charge is 2.25. The molecule has 1 aliphatic rings. The molecule has 0 aromatic heterocycles. The van der Waals surface area contributed by atoms with E-state index in [0.29, 0.717) is 18.6 Å². The Balaban J connectivity index is 1.97. The van der Waals surface area contributed by atoms with Gasteiger partial charge in [-0.2, -0.15) is 0 Å². The van der Waals surface area contributed by atoms with E-state index in [9.17, 15) is 8.78 Å². The number of hydrogen-bond donors (Lipinski definition) is 1. The molecule has 2 unspecified atom stereocenters. The summed E-state index contributed by atoms with van der Waals surface area (Å²) in [4.78, 5) is 2.13. The number of likely N-dealkylation sites (N-methyl/N-ethyl adjacent to an activating group) is 1. The average molecular weight is 284 g/mol. The molecule has 20 heavy (non-hydrogen) atoms. The van der Waals surface area contributed by atoms with Crippen molar-refractivity contribution in [2.75, 3.05) is 33.9 Å². The van der Waals surface area contributed by atoms with Crippen molar-refractivity contribution in [1.29, 1.82) is 0 Å². The van der Waals surface area contributed by atoms with Crippen molar-refractivity contribution < 1.29 is 13.5 Å². The number of nitrogens with zero attached hydrogens (tertiary/aromatic N) is 1. The molecule has 1 aromatic carbocycles. The van der Waals surface area contributed by atoms with Gasteiger partial charge in [-0.15, -0.1) is 0 Å². The SMILES string of the molecule is CN(C)C(CCc1ccc(F)cc1F)C1COCCN1. The summed E-state index contributed by atoms with van der Waals surface area (Å²) in [6, 6.07) is 4.30. The van der Waals surface area contributed by atoms with Gasteiger partial charge in [0.15, 0.2) is 0 Å². The molecule has 0 aliphatic carbocycles. The van der Waals surface area contributed by atoms with Crippen LogP contribution in [0.2, 0.25) is 0 Å². The van der Waals surface area contributed by atoms with Gasteiger partial charge in [-0.05, 0) is 38.6 Å². The number of halogens is 2. The van der Waals surface area contributed by atoms with Crippen molar-refractivity contribution in [2.45, 2.75) is 24.9 Å². The fraction of sp³-hybridized carbons (Fsp3) is 0.600. The summed E-state index contributed by atoms with van der Waals surface area (Å²) in [6.45, 7) is 2.26. The minimum atomic E-state index is -0.530. The van der Waals surface area contributed by atoms with Crippen molar-refractivity contribution in [3.8, 4) is 0 Å². The molecule has 0 bridgehead atoms. The third-order valence-electron chi connectivity index (χ3n) is 3.80. The summed E-state index contributed by atoms with van der Waals surface area (Å²) in [6.07, 6.45) is 1.39. The molecule has 2 atom stereocenters. The summed E-state index contributed by atoms with van der Waals surface area (Å²) in [7, 11) is 4.03. The number of rotatable bonds is 5. The highest BCUT2D eigenvalue weighted by molar-refractivity contribution is 5.18. The number of morpholine rings is 1. The van der Waals surface area contributed by atoms with E-state index < -0.39 is 11.6 Å². The van der Waals surface area contributed by atoms with Gasteiger partial charge in [-0.3, -0.25) is 0 Å². The van der Waals surface area contributed by atoms with Crippen LogP contribution in [0.4, 0.5) is 8.78 Å². The van der Waals surface area contributed by atoms with Crippen LogP contribution in [0, 0.1) is 11.6 Å². The predicted octanol–water partition coefficient (Wildman–Crippen LogP) is 1.82. The fourth-order valence-electron chi connectivity index (χ4n) is 2.68. The molecule has 0 amide bonds. The first-order valence-corrected chi connectivity index (χ1v) is 6.99. The van der Waals surface area contributed by atoms with Gasteiger partial charge in [0.25, 0.3) is 0 Å². The normalized spacial score (nSPS) is 21.1. The summed E-state index contributed by atoms with van der Waals surface area (Å²) in [5.74, 6) is -0.992. The molecule has 1 N–H and O–H groups in total. The molecule has 1 heterocycles. The Kier molecular flexibility index (Phi) is 5.46. The van der Waals surface area contributed by atoms with E-state index in [1.165, 1.54) is 12.1 Å². The lowest BCUT2D eigenvalue weighted by molar-refractivity contribution is 0.0443. The van der Waals surface area contributed by atoms with Crippen molar-refractivity contribution >= 4 is 0 Å². The van der Waals surface area contributed by atoms with E-state index in [1.807, 2.05) is 14.1 Å². The zero-order chi connectivity index (χ0) is 14.5. The second kappa shape index (κ2) is 7.11. The Hall–Kier alpha value is -1.04. The molecule has 1 saturated heterocycles. The lowest BCUT2D eigenvalue weighted by Gasteiger charge is -2.35. The molecule has 1 aromatic rings. The Morgan fingerprint density at radius 3 is 2.80 bits per heavy atom. The van der Waals surface area contributed by atoms with Crippen LogP contribution >= 0.6 is 0 Å². The molecule has 112 valence electrons. The predicted molar refractivity (Wildman–Crippen MR) is 74.8 cm³/mol. The largest absolute Gasteiger partial charge is 0.378 e. The first kappa shape index (κ1) is 15.4. The van der Waals surface area contributed by atoms with Gasteiger partial charge in [-0.25, -0.2) is 8.78 Å². The molecule has 3 nitrogen and oxygen atoms in total. The van der Waals surface area contributed by atoms with E-state index in [4.69, 9.17) is 4.74 Å². The Morgan fingerprint density at radius 2 is 2.20 bits per heavy atom. The molecule has 0 spiro atoms. The fourth-order valence-corrected chi connectivity index (χ4v) is 2.68. The number of nitrogens with one attached hydrogen (secondary N) is 1. The molecule has 0 saturated carbocycles. The Morgan fingerprint density at radius 1 is 1.40 bits per heavy atom. The monoisotopic (exact) mass is 284 g/mol. The van der Waals surface area contributed by atoms with Crippen LogP contribution in [0.5, 0.6) is 0 Å². The van der Waals surface area contributed by atoms with Crippen LogP contribution in [0.15, 0.2) is 18.2 Å². The topological polar surface area (TPSA) is 24.5 Å².